The van der Waals surface area contributed by atoms with Crippen LogP contribution in [0, 0.1) is 0 Å². The van der Waals surface area contributed by atoms with E-state index in [9.17, 15) is 9.59 Å². The number of nitrogens with one attached hydrogen (secondary N) is 1. The van der Waals surface area contributed by atoms with Gasteiger partial charge in [-0.05, 0) is 6.92 Å². The van der Waals surface area contributed by atoms with Crippen molar-refractivity contribution in [2.45, 2.75) is 52.4 Å². The van der Waals surface area contributed by atoms with Gasteiger partial charge in [0.2, 0.25) is 11.8 Å². The normalized spacial score (nSPS) is 11.4. The Morgan fingerprint density at radius 2 is 2.08 bits per heavy atom. The zero-order valence-corrected chi connectivity index (χ0v) is 15.6. The Morgan fingerprint density at radius 3 is 2.72 bits per heavy atom. The first kappa shape index (κ1) is 19.0. The Labute approximate surface area is 150 Å². The number of carbonyl (C=O) groups is 2. The lowest BCUT2D eigenvalue weighted by molar-refractivity contribution is -0.142. The summed E-state index contributed by atoms with van der Waals surface area (Å²) in [6, 6.07) is 0. The molecule has 2 heterocycles. The second kappa shape index (κ2) is 8.19. The molecule has 0 aliphatic carbocycles. The van der Waals surface area contributed by atoms with Crippen LogP contribution in [0.4, 0.5) is 5.13 Å². The number of hydrogen-bond donors (Lipinski definition) is 1. The molecule has 8 nitrogen and oxygen atoms in total. The number of nitrogens with zero attached hydrogens (tertiary/aromatic N) is 3. The van der Waals surface area contributed by atoms with Gasteiger partial charge in [-0.15, -0.1) is 11.3 Å². The van der Waals surface area contributed by atoms with Gasteiger partial charge < -0.3 is 14.6 Å². The molecular formula is C16H22N4O4S. The average Bonchev–Trinajstić information content (AvgIpc) is 3.14. The first-order valence-electron chi connectivity index (χ1n) is 8.01. The summed E-state index contributed by atoms with van der Waals surface area (Å²) in [5.74, 6) is 0.512. The van der Waals surface area contributed by atoms with Crippen molar-refractivity contribution in [3.63, 3.8) is 0 Å². The molecule has 0 aliphatic rings. The van der Waals surface area contributed by atoms with Gasteiger partial charge >= 0.3 is 5.97 Å². The number of hydrogen-bond acceptors (Lipinski definition) is 8. The predicted octanol–water partition coefficient (Wildman–Crippen LogP) is 2.50. The number of carbonyl (C=O) groups excluding carboxylic acids is 2. The Bertz CT molecular complexity index is 733. The van der Waals surface area contributed by atoms with Crippen LogP contribution >= 0.6 is 11.3 Å². The summed E-state index contributed by atoms with van der Waals surface area (Å²) in [6.45, 7) is 8.05. The van der Waals surface area contributed by atoms with E-state index in [0.717, 1.165) is 0 Å². The highest BCUT2D eigenvalue weighted by Crippen LogP contribution is 2.19. The van der Waals surface area contributed by atoms with Gasteiger partial charge in [0.25, 0.3) is 0 Å². The number of aromatic nitrogens is 3. The van der Waals surface area contributed by atoms with Gasteiger partial charge in [-0.3, -0.25) is 9.59 Å². The fourth-order valence-electron chi connectivity index (χ4n) is 1.87. The lowest BCUT2D eigenvalue weighted by Gasteiger charge is -2.10. The van der Waals surface area contributed by atoms with Crippen LogP contribution in [0.5, 0.6) is 0 Å². The van der Waals surface area contributed by atoms with Crippen LogP contribution in [-0.2, 0) is 32.6 Å². The molecular weight excluding hydrogens is 344 g/mol. The predicted molar refractivity (Wildman–Crippen MR) is 92.4 cm³/mol. The van der Waals surface area contributed by atoms with E-state index in [4.69, 9.17) is 9.26 Å². The molecule has 0 saturated carbocycles. The molecule has 2 rings (SSSR count). The van der Waals surface area contributed by atoms with Crippen LogP contribution in [0.25, 0.3) is 0 Å². The Hall–Kier alpha value is -2.29. The zero-order valence-electron chi connectivity index (χ0n) is 14.8. The van der Waals surface area contributed by atoms with Gasteiger partial charge in [-0.25, -0.2) is 4.98 Å². The quantitative estimate of drug-likeness (QED) is 0.750. The molecule has 0 aromatic carbocycles. The number of rotatable bonds is 7. The molecule has 0 radical (unpaired) electrons. The molecule has 0 bridgehead atoms. The van der Waals surface area contributed by atoms with E-state index in [2.05, 4.69) is 20.4 Å². The van der Waals surface area contributed by atoms with Gasteiger partial charge in [0.05, 0.1) is 18.7 Å². The Morgan fingerprint density at radius 1 is 1.32 bits per heavy atom. The minimum atomic E-state index is -0.336. The number of esters is 1. The standard InChI is InChI=1S/C16H22N4O4S/c1-5-23-13(22)8-10-9-25-15(17-10)18-11(21)6-7-12-19-14(20-24-12)16(2,3)4/h9H,5-8H2,1-4H3,(H,17,18,21). The molecule has 0 spiro atoms. The molecule has 0 fully saturated rings. The number of anilines is 1. The minimum Gasteiger partial charge on any atom is -0.466 e. The van der Waals surface area contributed by atoms with E-state index in [1.807, 2.05) is 20.8 Å². The summed E-state index contributed by atoms with van der Waals surface area (Å²) in [5.41, 5.74) is 0.380. The van der Waals surface area contributed by atoms with Crippen LogP contribution in [-0.4, -0.2) is 33.6 Å². The number of thiazole rings is 1. The molecule has 1 N–H and O–H groups in total. The molecule has 0 unspecified atom stereocenters. The Balaban J connectivity index is 1.81. The monoisotopic (exact) mass is 366 g/mol. The van der Waals surface area contributed by atoms with Crippen molar-refractivity contribution >= 4 is 28.3 Å². The summed E-state index contributed by atoms with van der Waals surface area (Å²) in [6.07, 6.45) is 0.659. The molecule has 25 heavy (non-hydrogen) atoms. The molecule has 2 aromatic heterocycles. The fraction of sp³-hybridized carbons (Fsp3) is 0.562. The van der Waals surface area contributed by atoms with E-state index >= 15 is 0 Å². The van der Waals surface area contributed by atoms with Crippen molar-refractivity contribution in [2.24, 2.45) is 0 Å². The maximum Gasteiger partial charge on any atom is 0.311 e. The van der Waals surface area contributed by atoms with E-state index in [0.29, 0.717) is 35.6 Å². The number of amides is 1. The first-order valence-corrected chi connectivity index (χ1v) is 8.89. The minimum absolute atomic E-state index is 0.0950. The smallest absolute Gasteiger partial charge is 0.311 e. The second-order valence-corrected chi connectivity index (χ2v) is 7.29. The first-order chi connectivity index (χ1) is 11.8. The molecule has 0 aliphatic heterocycles. The Kier molecular flexibility index (Phi) is 6.24. The van der Waals surface area contributed by atoms with Crippen molar-refractivity contribution in [1.29, 1.82) is 0 Å². The van der Waals surface area contributed by atoms with Crippen LogP contribution in [0.2, 0.25) is 0 Å². The molecule has 2 aromatic rings. The second-order valence-electron chi connectivity index (χ2n) is 6.44. The topological polar surface area (TPSA) is 107 Å². The highest BCUT2D eigenvalue weighted by Gasteiger charge is 2.21. The molecule has 9 heteroatoms. The van der Waals surface area contributed by atoms with E-state index in [-0.39, 0.29) is 30.1 Å². The highest BCUT2D eigenvalue weighted by molar-refractivity contribution is 7.13. The van der Waals surface area contributed by atoms with E-state index < -0.39 is 0 Å². The highest BCUT2D eigenvalue weighted by atomic mass is 32.1. The van der Waals surface area contributed by atoms with Crippen molar-refractivity contribution in [3.8, 4) is 0 Å². The summed E-state index contributed by atoms with van der Waals surface area (Å²) >= 11 is 1.26. The van der Waals surface area contributed by atoms with Gasteiger partial charge in [0, 0.05) is 23.6 Å². The van der Waals surface area contributed by atoms with Crippen molar-refractivity contribution in [2.75, 3.05) is 11.9 Å². The third-order valence-corrected chi connectivity index (χ3v) is 3.94. The average molecular weight is 366 g/mol. The van der Waals surface area contributed by atoms with E-state index in [1.54, 1.807) is 12.3 Å². The maximum absolute atomic E-state index is 12.0. The number of ether oxygens (including phenoxy) is 1. The summed E-state index contributed by atoms with van der Waals surface area (Å²) < 4.78 is 10.0. The van der Waals surface area contributed by atoms with Crippen LogP contribution < -0.4 is 5.32 Å². The largest absolute Gasteiger partial charge is 0.466 e. The summed E-state index contributed by atoms with van der Waals surface area (Å²) in [7, 11) is 0. The molecule has 1 amide bonds. The SMILES string of the molecule is CCOC(=O)Cc1csc(NC(=O)CCc2nc(C(C)(C)C)no2)n1. The van der Waals surface area contributed by atoms with Crippen molar-refractivity contribution < 1.29 is 18.8 Å². The van der Waals surface area contributed by atoms with Gasteiger partial charge in [0.15, 0.2) is 11.0 Å². The van der Waals surface area contributed by atoms with Crippen LogP contribution in [0.1, 0.15) is 51.5 Å². The summed E-state index contributed by atoms with van der Waals surface area (Å²) in [4.78, 5) is 31.9. The molecule has 0 atom stereocenters. The maximum atomic E-state index is 12.0. The third-order valence-electron chi connectivity index (χ3n) is 3.13. The summed E-state index contributed by atoms with van der Waals surface area (Å²) in [5, 5.41) is 8.80. The van der Waals surface area contributed by atoms with Gasteiger partial charge in [-0.1, -0.05) is 25.9 Å². The zero-order chi connectivity index (χ0) is 18.4. The fourth-order valence-corrected chi connectivity index (χ4v) is 2.60. The van der Waals surface area contributed by atoms with Crippen molar-refractivity contribution in [3.05, 3.63) is 22.8 Å². The lowest BCUT2D eigenvalue weighted by Crippen LogP contribution is -2.14. The van der Waals surface area contributed by atoms with Gasteiger partial charge in [-0.2, -0.15) is 4.98 Å². The lowest BCUT2D eigenvalue weighted by atomic mass is 9.96. The molecule has 0 saturated heterocycles. The van der Waals surface area contributed by atoms with Gasteiger partial charge in [0.1, 0.15) is 0 Å². The van der Waals surface area contributed by atoms with E-state index in [1.165, 1.54) is 11.3 Å². The van der Waals surface area contributed by atoms with Crippen molar-refractivity contribution in [1.82, 2.24) is 15.1 Å². The molecule has 136 valence electrons. The van der Waals surface area contributed by atoms with Crippen LogP contribution in [0.3, 0.4) is 0 Å². The third kappa shape index (κ3) is 5.93. The van der Waals surface area contributed by atoms with Crippen LogP contribution in [0.15, 0.2) is 9.90 Å². The number of aryl methyl sites for hydroxylation is 1.